The van der Waals surface area contributed by atoms with Crippen molar-refractivity contribution in [3.8, 4) is 0 Å². The molecule has 6 nitrogen and oxygen atoms in total. The predicted octanol–water partition coefficient (Wildman–Crippen LogP) is -0.00300. The highest BCUT2D eigenvalue weighted by Crippen LogP contribution is 2.21. The number of likely N-dealkylation sites (N-methyl/N-ethyl adjacent to an activating group) is 1. The van der Waals surface area contributed by atoms with Gasteiger partial charge in [-0.05, 0) is 12.5 Å². The molecule has 0 unspecified atom stereocenters. The number of rotatable bonds is 2. The highest BCUT2D eigenvalue weighted by atomic mass is 16.2. The van der Waals surface area contributed by atoms with Crippen molar-refractivity contribution in [1.82, 2.24) is 10.3 Å². The Labute approximate surface area is 111 Å². The summed E-state index contributed by atoms with van der Waals surface area (Å²) in [6, 6.07) is 5.87. The van der Waals surface area contributed by atoms with Gasteiger partial charge in [-0.15, -0.1) is 0 Å². The van der Waals surface area contributed by atoms with Crippen LogP contribution in [0.25, 0.3) is 0 Å². The smallest absolute Gasteiger partial charge is 0.269 e. The maximum atomic E-state index is 12.2. The molecule has 0 saturated carbocycles. The average molecular weight is 260 g/mol. The lowest BCUT2D eigenvalue weighted by molar-refractivity contribution is -0.135. The SMILES string of the molecule is C[C@H](N)C(=O)N[C@H]1C(=O)N(C)N=Cc2ccccc21. The van der Waals surface area contributed by atoms with Crippen LogP contribution in [0.15, 0.2) is 29.4 Å². The molecule has 1 aromatic carbocycles. The fourth-order valence-electron chi connectivity index (χ4n) is 1.83. The van der Waals surface area contributed by atoms with Crippen LogP contribution >= 0.6 is 0 Å². The van der Waals surface area contributed by atoms with Gasteiger partial charge >= 0.3 is 0 Å². The van der Waals surface area contributed by atoms with E-state index in [4.69, 9.17) is 5.73 Å². The van der Waals surface area contributed by atoms with Gasteiger partial charge in [-0.1, -0.05) is 24.3 Å². The maximum absolute atomic E-state index is 12.2. The molecule has 100 valence electrons. The first-order valence-corrected chi connectivity index (χ1v) is 5.97. The molecule has 0 bridgehead atoms. The largest absolute Gasteiger partial charge is 0.339 e. The Morgan fingerprint density at radius 1 is 1.47 bits per heavy atom. The van der Waals surface area contributed by atoms with Crippen LogP contribution in [0.5, 0.6) is 0 Å². The molecule has 0 fully saturated rings. The van der Waals surface area contributed by atoms with Gasteiger partial charge in [0.1, 0.15) is 6.04 Å². The molecule has 1 aromatic rings. The van der Waals surface area contributed by atoms with Crippen LogP contribution in [0, 0.1) is 0 Å². The Morgan fingerprint density at radius 2 is 2.16 bits per heavy atom. The van der Waals surface area contributed by atoms with Gasteiger partial charge in [-0.3, -0.25) is 9.59 Å². The van der Waals surface area contributed by atoms with E-state index in [1.54, 1.807) is 26.3 Å². The van der Waals surface area contributed by atoms with Crippen molar-refractivity contribution in [1.29, 1.82) is 0 Å². The van der Waals surface area contributed by atoms with Crippen molar-refractivity contribution < 1.29 is 9.59 Å². The molecule has 0 saturated heterocycles. The summed E-state index contributed by atoms with van der Waals surface area (Å²) in [5.74, 6) is -0.668. The molecular formula is C13H16N4O2. The first-order chi connectivity index (χ1) is 9.00. The van der Waals surface area contributed by atoms with E-state index in [9.17, 15) is 9.59 Å². The van der Waals surface area contributed by atoms with E-state index in [1.165, 1.54) is 5.01 Å². The molecule has 6 heteroatoms. The Morgan fingerprint density at radius 3 is 2.84 bits per heavy atom. The number of carbonyl (C=O) groups is 2. The minimum Gasteiger partial charge on any atom is -0.339 e. The van der Waals surface area contributed by atoms with Crippen LogP contribution in [0.4, 0.5) is 0 Å². The lowest BCUT2D eigenvalue weighted by Gasteiger charge is -2.21. The first-order valence-electron chi connectivity index (χ1n) is 5.97. The zero-order valence-corrected chi connectivity index (χ0v) is 10.8. The molecular weight excluding hydrogens is 244 g/mol. The number of nitrogens with zero attached hydrogens (tertiary/aromatic N) is 2. The summed E-state index contributed by atoms with van der Waals surface area (Å²) in [7, 11) is 1.55. The highest BCUT2D eigenvalue weighted by Gasteiger charge is 2.29. The second-order valence-corrected chi connectivity index (χ2v) is 4.47. The van der Waals surface area contributed by atoms with Crippen LogP contribution in [-0.2, 0) is 9.59 Å². The summed E-state index contributed by atoms with van der Waals surface area (Å²) in [5.41, 5.74) is 7.04. The van der Waals surface area contributed by atoms with Crippen LogP contribution in [-0.4, -0.2) is 36.1 Å². The molecule has 0 radical (unpaired) electrons. The third-order valence-corrected chi connectivity index (χ3v) is 2.94. The highest BCUT2D eigenvalue weighted by molar-refractivity contribution is 5.95. The van der Waals surface area contributed by atoms with Crippen LogP contribution in [0.3, 0.4) is 0 Å². The van der Waals surface area contributed by atoms with Gasteiger partial charge in [0.25, 0.3) is 5.91 Å². The lowest BCUT2D eigenvalue weighted by Crippen LogP contribution is -2.45. The van der Waals surface area contributed by atoms with E-state index in [0.717, 1.165) is 11.1 Å². The molecule has 0 spiro atoms. The normalized spacial score (nSPS) is 19.6. The summed E-state index contributed by atoms with van der Waals surface area (Å²) < 4.78 is 0. The Balaban J connectivity index is 2.40. The maximum Gasteiger partial charge on any atom is 0.269 e. The number of hydrogen-bond acceptors (Lipinski definition) is 4. The third-order valence-electron chi connectivity index (χ3n) is 2.94. The summed E-state index contributed by atoms with van der Waals surface area (Å²) in [4.78, 5) is 24.0. The minimum atomic E-state index is -0.762. The van der Waals surface area contributed by atoms with Gasteiger partial charge < -0.3 is 11.1 Å². The second kappa shape index (κ2) is 5.19. The van der Waals surface area contributed by atoms with E-state index in [-0.39, 0.29) is 11.8 Å². The van der Waals surface area contributed by atoms with Crippen molar-refractivity contribution in [3.63, 3.8) is 0 Å². The molecule has 2 rings (SSSR count). The molecule has 1 aliphatic heterocycles. The van der Waals surface area contributed by atoms with E-state index in [0.29, 0.717) is 0 Å². The number of nitrogens with two attached hydrogens (primary N) is 1. The van der Waals surface area contributed by atoms with Crippen molar-refractivity contribution >= 4 is 18.0 Å². The molecule has 19 heavy (non-hydrogen) atoms. The topological polar surface area (TPSA) is 87.8 Å². The van der Waals surface area contributed by atoms with Gasteiger partial charge in [0.05, 0.1) is 12.3 Å². The van der Waals surface area contributed by atoms with E-state index < -0.39 is 12.1 Å². The van der Waals surface area contributed by atoms with Crippen LogP contribution < -0.4 is 11.1 Å². The lowest BCUT2D eigenvalue weighted by atomic mass is 10.00. The Hall–Kier alpha value is -2.21. The van der Waals surface area contributed by atoms with Gasteiger partial charge in [0.2, 0.25) is 5.91 Å². The minimum absolute atomic E-state index is 0.296. The van der Waals surface area contributed by atoms with Crippen molar-refractivity contribution in [3.05, 3.63) is 35.4 Å². The summed E-state index contributed by atoms with van der Waals surface area (Å²) in [5, 5.41) is 7.90. The van der Waals surface area contributed by atoms with Gasteiger partial charge in [0.15, 0.2) is 0 Å². The molecule has 1 heterocycles. The first kappa shape index (κ1) is 13.2. The number of amides is 2. The van der Waals surface area contributed by atoms with E-state index in [2.05, 4.69) is 10.4 Å². The second-order valence-electron chi connectivity index (χ2n) is 4.47. The molecule has 3 N–H and O–H groups in total. The van der Waals surface area contributed by atoms with Gasteiger partial charge in [0, 0.05) is 12.6 Å². The summed E-state index contributed by atoms with van der Waals surface area (Å²) in [6.07, 6.45) is 1.60. The quantitative estimate of drug-likeness (QED) is 0.784. The number of fused-ring (bicyclic) bond motifs is 1. The van der Waals surface area contributed by atoms with E-state index >= 15 is 0 Å². The van der Waals surface area contributed by atoms with Crippen LogP contribution in [0.2, 0.25) is 0 Å². The molecule has 1 aliphatic rings. The number of carbonyl (C=O) groups excluding carboxylic acids is 2. The number of hydrazone groups is 1. The van der Waals surface area contributed by atoms with Gasteiger partial charge in [-0.25, -0.2) is 5.01 Å². The molecule has 0 aliphatic carbocycles. The molecule has 0 aromatic heterocycles. The predicted molar refractivity (Wildman–Crippen MR) is 71.3 cm³/mol. The fourth-order valence-corrected chi connectivity index (χ4v) is 1.83. The Bertz CT molecular complexity index is 539. The fraction of sp³-hybridized carbons (Fsp3) is 0.308. The Kier molecular flexibility index (Phi) is 3.62. The number of hydrogen-bond donors (Lipinski definition) is 2. The molecule has 2 amide bonds. The monoisotopic (exact) mass is 260 g/mol. The zero-order valence-electron chi connectivity index (χ0n) is 10.8. The van der Waals surface area contributed by atoms with Crippen LogP contribution in [0.1, 0.15) is 24.1 Å². The van der Waals surface area contributed by atoms with Crippen molar-refractivity contribution in [2.75, 3.05) is 7.05 Å². The summed E-state index contributed by atoms with van der Waals surface area (Å²) in [6.45, 7) is 1.57. The number of benzene rings is 1. The van der Waals surface area contributed by atoms with Crippen molar-refractivity contribution in [2.24, 2.45) is 10.8 Å². The third kappa shape index (κ3) is 2.63. The van der Waals surface area contributed by atoms with Gasteiger partial charge in [-0.2, -0.15) is 5.10 Å². The van der Waals surface area contributed by atoms with Crippen molar-refractivity contribution in [2.45, 2.75) is 19.0 Å². The average Bonchev–Trinajstić information content (AvgIpc) is 2.51. The standard InChI is InChI=1S/C13H16N4O2/c1-8(14)12(18)16-11-10-6-4-3-5-9(10)7-15-17(2)13(11)19/h3-8,11H,14H2,1-2H3,(H,16,18)/t8-,11+/m0/s1. The number of nitrogens with one attached hydrogen (secondary N) is 1. The molecule has 2 atom stereocenters. The summed E-state index contributed by atoms with van der Waals surface area (Å²) >= 11 is 0. The van der Waals surface area contributed by atoms with E-state index in [1.807, 2.05) is 18.2 Å². The zero-order chi connectivity index (χ0) is 14.0.